The van der Waals surface area contributed by atoms with E-state index in [-0.39, 0.29) is 6.04 Å². The molecular weight excluding hydrogens is 402 g/mol. The monoisotopic (exact) mass is 429 g/mol. The molecule has 7 heteroatoms. The second kappa shape index (κ2) is 9.14. The molecule has 6 nitrogen and oxygen atoms in total. The maximum Gasteiger partial charge on any atom is 0.407 e. The van der Waals surface area contributed by atoms with Gasteiger partial charge in [-0.3, -0.25) is 0 Å². The van der Waals surface area contributed by atoms with Crippen LogP contribution in [0, 0.1) is 0 Å². The van der Waals surface area contributed by atoms with Crippen LogP contribution in [-0.2, 0) is 6.42 Å². The SMILES string of the molecule is O=C(O)N1CCC(N2c3ccc(Cl)cc3N(CCCCc3ccccc3)C2O)CC1. The molecule has 2 aromatic carbocycles. The van der Waals surface area contributed by atoms with Gasteiger partial charge in [0.2, 0.25) is 6.35 Å². The molecule has 2 heterocycles. The first kappa shape index (κ1) is 20.8. The number of anilines is 2. The van der Waals surface area contributed by atoms with Crippen LogP contribution >= 0.6 is 11.6 Å². The van der Waals surface area contributed by atoms with Crippen LogP contribution in [0.1, 0.15) is 31.2 Å². The Bertz CT molecular complexity index is 871. The third-order valence-electron chi connectivity index (χ3n) is 6.14. The highest BCUT2D eigenvalue weighted by molar-refractivity contribution is 6.31. The fraction of sp³-hybridized carbons (Fsp3) is 0.435. The lowest BCUT2D eigenvalue weighted by Crippen LogP contribution is -2.52. The van der Waals surface area contributed by atoms with Gasteiger partial charge in [0.15, 0.2) is 0 Å². The zero-order chi connectivity index (χ0) is 21.1. The van der Waals surface area contributed by atoms with Gasteiger partial charge >= 0.3 is 6.09 Å². The van der Waals surface area contributed by atoms with Gasteiger partial charge in [0, 0.05) is 30.7 Å². The van der Waals surface area contributed by atoms with Crippen molar-refractivity contribution in [3.8, 4) is 0 Å². The Hall–Kier alpha value is -2.44. The topological polar surface area (TPSA) is 67.2 Å². The molecule has 2 N–H and O–H groups in total. The van der Waals surface area contributed by atoms with E-state index in [1.54, 1.807) is 0 Å². The number of rotatable bonds is 6. The summed E-state index contributed by atoms with van der Waals surface area (Å²) < 4.78 is 0. The summed E-state index contributed by atoms with van der Waals surface area (Å²) >= 11 is 6.27. The number of aliphatic hydroxyl groups is 1. The summed E-state index contributed by atoms with van der Waals surface area (Å²) in [6, 6.07) is 16.3. The zero-order valence-electron chi connectivity index (χ0n) is 17.0. The molecule has 30 heavy (non-hydrogen) atoms. The average molecular weight is 430 g/mol. The summed E-state index contributed by atoms with van der Waals surface area (Å²) in [7, 11) is 0. The third-order valence-corrected chi connectivity index (χ3v) is 6.37. The van der Waals surface area contributed by atoms with Crippen molar-refractivity contribution in [3.63, 3.8) is 0 Å². The molecule has 4 rings (SSSR count). The van der Waals surface area contributed by atoms with E-state index in [1.807, 2.05) is 34.1 Å². The van der Waals surface area contributed by atoms with Crippen molar-refractivity contribution in [2.24, 2.45) is 0 Å². The molecule has 1 amide bonds. The minimum atomic E-state index is -0.873. The average Bonchev–Trinajstić information content (AvgIpc) is 3.02. The Kier molecular flexibility index (Phi) is 6.35. The van der Waals surface area contributed by atoms with Crippen molar-refractivity contribution in [2.75, 3.05) is 29.4 Å². The number of benzene rings is 2. The van der Waals surface area contributed by atoms with Crippen molar-refractivity contribution in [2.45, 2.75) is 44.5 Å². The number of aryl methyl sites for hydroxylation is 1. The quantitative estimate of drug-likeness (QED) is 0.666. The van der Waals surface area contributed by atoms with Crippen LogP contribution in [0.15, 0.2) is 48.5 Å². The van der Waals surface area contributed by atoms with Crippen LogP contribution in [0.5, 0.6) is 0 Å². The van der Waals surface area contributed by atoms with Crippen LogP contribution in [0.25, 0.3) is 0 Å². The molecule has 0 aromatic heterocycles. The van der Waals surface area contributed by atoms with Crippen LogP contribution in [0.4, 0.5) is 16.2 Å². The summed E-state index contributed by atoms with van der Waals surface area (Å²) in [6.45, 7) is 1.72. The lowest BCUT2D eigenvalue weighted by atomic mass is 10.0. The molecule has 1 fully saturated rings. The van der Waals surface area contributed by atoms with Gasteiger partial charge in [-0.15, -0.1) is 0 Å². The first-order valence-electron chi connectivity index (χ1n) is 10.6. The van der Waals surface area contributed by atoms with Gasteiger partial charge in [0.25, 0.3) is 0 Å². The highest BCUT2D eigenvalue weighted by Gasteiger charge is 2.39. The Labute approximate surface area is 182 Å². The summed E-state index contributed by atoms with van der Waals surface area (Å²) in [4.78, 5) is 16.7. The molecule has 0 spiro atoms. The van der Waals surface area contributed by atoms with E-state index >= 15 is 0 Å². The number of carboxylic acid groups (broad SMARTS) is 1. The summed E-state index contributed by atoms with van der Waals surface area (Å²) in [6.07, 6.45) is 2.80. The minimum absolute atomic E-state index is 0.102. The highest BCUT2D eigenvalue weighted by Crippen LogP contribution is 2.43. The van der Waals surface area contributed by atoms with Gasteiger partial charge < -0.3 is 24.9 Å². The minimum Gasteiger partial charge on any atom is -0.465 e. The van der Waals surface area contributed by atoms with Gasteiger partial charge in [-0.05, 0) is 55.9 Å². The lowest BCUT2D eigenvalue weighted by Gasteiger charge is -2.39. The van der Waals surface area contributed by atoms with Crippen LogP contribution in [0.2, 0.25) is 5.02 Å². The van der Waals surface area contributed by atoms with Gasteiger partial charge in [0.1, 0.15) is 0 Å². The van der Waals surface area contributed by atoms with Gasteiger partial charge in [-0.1, -0.05) is 41.9 Å². The normalized spacial score (nSPS) is 19.3. The van der Waals surface area contributed by atoms with E-state index in [4.69, 9.17) is 11.6 Å². The number of hydrogen-bond acceptors (Lipinski definition) is 4. The maximum absolute atomic E-state index is 11.2. The molecule has 1 atom stereocenters. The predicted molar refractivity (Wildman–Crippen MR) is 119 cm³/mol. The molecule has 1 saturated heterocycles. The molecule has 0 saturated carbocycles. The van der Waals surface area contributed by atoms with Gasteiger partial charge in [0.05, 0.1) is 11.4 Å². The number of hydrogen-bond donors (Lipinski definition) is 2. The van der Waals surface area contributed by atoms with Crippen LogP contribution in [0.3, 0.4) is 0 Å². The maximum atomic E-state index is 11.2. The van der Waals surface area contributed by atoms with Crippen molar-refractivity contribution in [3.05, 3.63) is 59.1 Å². The van der Waals surface area contributed by atoms with Crippen molar-refractivity contribution >= 4 is 29.1 Å². The van der Waals surface area contributed by atoms with Gasteiger partial charge in [-0.25, -0.2) is 4.79 Å². The first-order valence-corrected chi connectivity index (χ1v) is 11.0. The molecule has 160 valence electrons. The van der Waals surface area contributed by atoms with E-state index in [9.17, 15) is 15.0 Å². The fourth-order valence-corrected chi connectivity index (χ4v) is 4.72. The standard InChI is InChI=1S/C23H28ClN3O3/c24-18-9-10-20-21(16-18)26(13-5-4-8-17-6-2-1-3-7-17)22(28)27(20)19-11-14-25(15-12-19)23(29)30/h1-3,6-7,9-10,16,19,22,28H,4-5,8,11-15H2,(H,29,30). The number of aliphatic hydroxyl groups excluding tert-OH is 1. The molecule has 0 radical (unpaired) electrons. The largest absolute Gasteiger partial charge is 0.465 e. The fourth-order valence-electron chi connectivity index (χ4n) is 4.56. The molecule has 2 aromatic rings. The summed E-state index contributed by atoms with van der Waals surface area (Å²) in [5, 5.41) is 21.0. The second-order valence-electron chi connectivity index (χ2n) is 8.02. The van der Waals surface area contributed by atoms with Crippen LogP contribution in [-0.4, -0.2) is 53.2 Å². The molecule has 2 aliphatic rings. The third kappa shape index (κ3) is 4.35. The number of fused-ring (bicyclic) bond motifs is 1. The molecule has 1 unspecified atom stereocenters. The van der Waals surface area contributed by atoms with E-state index in [2.05, 4.69) is 24.3 Å². The van der Waals surface area contributed by atoms with E-state index in [0.717, 1.165) is 37.2 Å². The smallest absolute Gasteiger partial charge is 0.407 e. The number of halogens is 1. The second-order valence-corrected chi connectivity index (χ2v) is 8.46. The van der Waals surface area contributed by atoms with E-state index in [0.29, 0.717) is 31.0 Å². The predicted octanol–water partition coefficient (Wildman–Crippen LogP) is 4.41. The Morgan fingerprint density at radius 1 is 1.03 bits per heavy atom. The zero-order valence-corrected chi connectivity index (χ0v) is 17.7. The van der Waals surface area contributed by atoms with Crippen molar-refractivity contribution in [1.82, 2.24) is 4.90 Å². The lowest BCUT2D eigenvalue weighted by molar-refractivity contribution is 0.118. The van der Waals surface area contributed by atoms with Gasteiger partial charge in [-0.2, -0.15) is 0 Å². The number of piperidine rings is 1. The van der Waals surface area contributed by atoms with Crippen molar-refractivity contribution < 1.29 is 15.0 Å². The summed E-state index contributed by atoms with van der Waals surface area (Å²) in [5.74, 6) is 0. The number of nitrogens with zero attached hydrogens (tertiary/aromatic N) is 3. The van der Waals surface area contributed by atoms with Crippen LogP contribution < -0.4 is 9.80 Å². The highest BCUT2D eigenvalue weighted by atomic mass is 35.5. The van der Waals surface area contributed by atoms with E-state index < -0.39 is 12.4 Å². The van der Waals surface area contributed by atoms with Crippen molar-refractivity contribution in [1.29, 1.82) is 0 Å². The molecular formula is C23H28ClN3O3. The molecule has 0 bridgehead atoms. The Morgan fingerprint density at radius 2 is 1.77 bits per heavy atom. The Balaban J connectivity index is 1.43. The number of carbonyl (C=O) groups is 1. The molecule has 0 aliphatic carbocycles. The first-order chi connectivity index (χ1) is 14.5. The summed E-state index contributed by atoms with van der Waals surface area (Å²) in [5.41, 5.74) is 3.26. The number of likely N-dealkylation sites (tertiary alicyclic amines) is 1. The number of amides is 1. The number of unbranched alkanes of at least 4 members (excludes halogenated alkanes) is 1. The Morgan fingerprint density at radius 3 is 2.47 bits per heavy atom. The molecule has 2 aliphatic heterocycles. The van der Waals surface area contributed by atoms with E-state index in [1.165, 1.54) is 10.5 Å².